The summed E-state index contributed by atoms with van der Waals surface area (Å²) < 4.78 is 1.13. The van der Waals surface area contributed by atoms with Crippen molar-refractivity contribution in [2.45, 2.75) is 33.6 Å². The summed E-state index contributed by atoms with van der Waals surface area (Å²) in [5.74, 6) is 0.298. The molecule has 6 nitrogen and oxygen atoms in total. The number of hydrogen-bond donors (Lipinski definition) is 1. The Morgan fingerprint density at radius 1 is 1.18 bits per heavy atom. The van der Waals surface area contributed by atoms with Gasteiger partial charge in [0.2, 0.25) is 0 Å². The molecule has 2 aromatic rings. The number of benzene rings is 2. The third-order valence-electron chi connectivity index (χ3n) is 5.31. The molecule has 3 rings (SSSR count). The van der Waals surface area contributed by atoms with Crippen LogP contribution in [-0.2, 0) is 0 Å². The van der Waals surface area contributed by atoms with Crippen LogP contribution in [0.15, 0.2) is 30.3 Å². The van der Waals surface area contributed by atoms with Crippen molar-refractivity contribution < 1.29 is 9.72 Å². The molecule has 1 heterocycles. The Labute approximate surface area is 178 Å². The average Bonchev–Trinajstić information content (AvgIpc) is 2.66. The predicted molar refractivity (Wildman–Crippen MR) is 120 cm³/mol. The first-order valence-electron chi connectivity index (χ1n) is 9.37. The highest BCUT2D eigenvalue weighted by Crippen LogP contribution is 2.32. The van der Waals surface area contributed by atoms with Crippen LogP contribution in [-0.4, -0.2) is 23.9 Å². The third-order valence-corrected chi connectivity index (χ3v) is 6.47. The summed E-state index contributed by atoms with van der Waals surface area (Å²) in [6.07, 6.45) is 2.04. The van der Waals surface area contributed by atoms with E-state index >= 15 is 0 Å². The van der Waals surface area contributed by atoms with Gasteiger partial charge in [-0.15, -0.1) is 0 Å². The van der Waals surface area contributed by atoms with Gasteiger partial charge in [0.1, 0.15) is 5.69 Å². The van der Waals surface area contributed by atoms with Gasteiger partial charge >= 0.3 is 0 Å². The molecule has 0 bridgehead atoms. The maximum absolute atomic E-state index is 12.7. The lowest BCUT2D eigenvalue weighted by molar-refractivity contribution is -0.384. The average molecular weight is 493 g/mol. The number of nitro groups is 1. The molecule has 0 saturated carbocycles. The number of rotatable bonds is 4. The molecule has 7 heteroatoms. The van der Waals surface area contributed by atoms with Crippen LogP contribution in [0.2, 0.25) is 0 Å². The van der Waals surface area contributed by atoms with Crippen LogP contribution in [0.4, 0.5) is 17.1 Å². The van der Waals surface area contributed by atoms with E-state index in [1.165, 1.54) is 6.07 Å². The molecule has 1 amide bonds. The number of nitrogens with zero attached hydrogens (tertiary/aromatic N) is 2. The molecular weight excluding hydrogens is 469 g/mol. The largest absolute Gasteiger partial charge is 0.366 e. The van der Waals surface area contributed by atoms with Crippen molar-refractivity contribution in [3.05, 3.63) is 60.7 Å². The van der Waals surface area contributed by atoms with E-state index in [1.54, 1.807) is 12.1 Å². The molecule has 1 N–H and O–H groups in total. The second-order valence-electron chi connectivity index (χ2n) is 7.50. The minimum absolute atomic E-state index is 0.0160. The number of carbonyl (C=O) groups excluding carboxylic acids is 1. The fourth-order valence-electron chi connectivity index (χ4n) is 3.44. The Morgan fingerprint density at radius 2 is 1.86 bits per heavy atom. The standard InChI is InChI=1S/C21H24IN3O3/c1-13-6-8-24(9-7-13)19-5-4-16(12-20(19)25(27)28)21(26)23-18-11-14(2)17(22)10-15(18)3/h4-5,10-13H,6-9H2,1-3H3,(H,23,26). The molecule has 28 heavy (non-hydrogen) atoms. The molecule has 1 aliphatic rings. The van der Waals surface area contributed by atoms with Crippen molar-refractivity contribution in [2.24, 2.45) is 5.92 Å². The van der Waals surface area contributed by atoms with Crippen LogP contribution < -0.4 is 10.2 Å². The number of carbonyl (C=O) groups is 1. The van der Waals surface area contributed by atoms with E-state index in [2.05, 4.69) is 34.8 Å². The molecule has 0 spiro atoms. The molecule has 148 valence electrons. The zero-order valence-corrected chi connectivity index (χ0v) is 18.4. The van der Waals surface area contributed by atoms with E-state index in [-0.39, 0.29) is 17.2 Å². The molecule has 1 fully saturated rings. The zero-order valence-electron chi connectivity index (χ0n) is 16.3. The SMILES string of the molecule is Cc1cc(NC(=O)c2ccc(N3CCC(C)CC3)c([N+](=O)[O-])c2)c(C)cc1I. The minimum Gasteiger partial charge on any atom is -0.366 e. The predicted octanol–water partition coefficient (Wildman–Crippen LogP) is 5.30. The van der Waals surface area contributed by atoms with Gasteiger partial charge < -0.3 is 10.2 Å². The Hall–Kier alpha value is -2.16. The number of halogens is 1. The summed E-state index contributed by atoms with van der Waals surface area (Å²) in [7, 11) is 0. The first kappa shape index (κ1) is 20.6. The number of nitro benzene ring substituents is 1. The van der Waals surface area contributed by atoms with Gasteiger partial charge in [-0.2, -0.15) is 0 Å². The Bertz CT molecular complexity index is 921. The smallest absolute Gasteiger partial charge is 0.293 e. The molecule has 0 aliphatic carbocycles. The maximum atomic E-state index is 12.7. The summed E-state index contributed by atoms with van der Waals surface area (Å²) in [5.41, 5.74) is 3.61. The van der Waals surface area contributed by atoms with Crippen molar-refractivity contribution >= 4 is 45.6 Å². The number of amides is 1. The van der Waals surface area contributed by atoms with Crippen molar-refractivity contribution in [2.75, 3.05) is 23.3 Å². The summed E-state index contributed by atoms with van der Waals surface area (Å²) in [6, 6.07) is 8.69. The maximum Gasteiger partial charge on any atom is 0.293 e. The highest BCUT2D eigenvalue weighted by Gasteiger charge is 2.25. The molecule has 0 aromatic heterocycles. The Morgan fingerprint density at radius 3 is 2.50 bits per heavy atom. The van der Waals surface area contributed by atoms with Crippen molar-refractivity contribution in [1.29, 1.82) is 0 Å². The molecule has 0 unspecified atom stereocenters. The lowest BCUT2D eigenvalue weighted by Crippen LogP contribution is -2.33. The number of piperidine rings is 1. The third kappa shape index (κ3) is 4.45. The second kappa shape index (κ2) is 8.46. The van der Waals surface area contributed by atoms with Gasteiger partial charge in [0, 0.05) is 34.0 Å². The van der Waals surface area contributed by atoms with Crippen molar-refractivity contribution in [1.82, 2.24) is 0 Å². The highest BCUT2D eigenvalue weighted by molar-refractivity contribution is 14.1. The van der Waals surface area contributed by atoms with Gasteiger partial charge in [-0.05, 0) is 90.6 Å². The molecule has 2 aromatic carbocycles. The van der Waals surface area contributed by atoms with Gasteiger partial charge in [0.25, 0.3) is 11.6 Å². The monoisotopic (exact) mass is 493 g/mol. The second-order valence-corrected chi connectivity index (χ2v) is 8.66. The van der Waals surface area contributed by atoms with Gasteiger partial charge in [-0.1, -0.05) is 6.92 Å². The fraction of sp³-hybridized carbons (Fsp3) is 0.381. The fourth-order valence-corrected chi connectivity index (χ4v) is 4.06. The first-order valence-corrected chi connectivity index (χ1v) is 10.5. The lowest BCUT2D eigenvalue weighted by Gasteiger charge is -2.31. The summed E-state index contributed by atoms with van der Waals surface area (Å²) in [4.78, 5) is 26.0. The summed E-state index contributed by atoms with van der Waals surface area (Å²) in [5, 5.41) is 14.5. The first-order chi connectivity index (χ1) is 13.3. The number of hydrogen-bond acceptors (Lipinski definition) is 4. The molecular formula is C21H24IN3O3. The van der Waals surface area contributed by atoms with Gasteiger partial charge in [0.05, 0.1) is 4.92 Å². The zero-order chi connectivity index (χ0) is 20.4. The van der Waals surface area contributed by atoms with Crippen molar-refractivity contribution in [3.8, 4) is 0 Å². The summed E-state index contributed by atoms with van der Waals surface area (Å²) in [6.45, 7) is 7.72. The number of anilines is 2. The minimum atomic E-state index is -0.398. The van der Waals surface area contributed by atoms with Crippen LogP contribution in [0.25, 0.3) is 0 Å². The molecule has 0 atom stereocenters. The molecule has 1 saturated heterocycles. The van der Waals surface area contributed by atoms with E-state index < -0.39 is 4.92 Å². The van der Waals surface area contributed by atoms with E-state index in [4.69, 9.17) is 0 Å². The van der Waals surface area contributed by atoms with Crippen LogP contribution in [0.3, 0.4) is 0 Å². The van der Waals surface area contributed by atoms with Gasteiger partial charge in [-0.3, -0.25) is 14.9 Å². The normalized spacial score (nSPS) is 14.8. The van der Waals surface area contributed by atoms with Crippen LogP contribution in [0, 0.1) is 33.4 Å². The lowest BCUT2D eigenvalue weighted by atomic mass is 9.98. The Kier molecular flexibility index (Phi) is 6.22. The van der Waals surface area contributed by atoms with E-state index in [9.17, 15) is 14.9 Å². The van der Waals surface area contributed by atoms with Crippen LogP contribution >= 0.6 is 22.6 Å². The van der Waals surface area contributed by atoms with Crippen LogP contribution in [0.1, 0.15) is 41.3 Å². The topological polar surface area (TPSA) is 75.5 Å². The van der Waals surface area contributed by atoms with Gasteiger partial charge in [0.15, 0.2) is 0 Å². The van der Waals surface area contributed by atoms with E-state index in [1.807, 2.05) is 30.9 Å². The number of aryl methyl sites for hydroxylation is 2. The van der Waals surface area contributed by atoms with Crippen molar-refractivity contribution in [3.63, 3.8) is 0 Å². The quantitative estimate of drug-likeness (QED) is 0.356. The number of nitrogens with one attached hydrogen (secondary N) is 1. The summed E-state index contributed by atoms with van der Waals surface area (Å²) >= 11 is 2.26. The van der Waals surface area contributed by atoms with Gasteiger partial charge in [-0.25, -0.2) is 0 Å². The molecule has 0 radical (unpaired) electrons. The van der Waals surface area contributed by atoms with E-state index in [0.29, 0.717) is 11.6 Å². The van der Waals surface area contributed by atoms with E-state index in [0.717, 1.165) is 46.3 Å². The molecule has 1 aliphatic heterocycles. The Balaban J connectivity index is 1.86. The van der Waals surface area contributed by atoms with Crippen LogP contribution in [0.5, 0.6) is 0 Å². The highest BCUT2D eigenvalue weighted by atomic mass is 127.